The second-order valence-electron chi connectivity index (χ2n) is 8.03. The van der Waals surface area contributed by atoms with Gasteiger partial charge in [0.25, 0.3) is 5.91 Å². The molecule has 3 saturated heterocycles. The zero-order chi connectivity index (χ0) is 22.6. The fourth-order valence-electron chi connectivity index (χ4n) is 5.06. The third kappa shape index (κ3) is 2.74. The van der Waals surface area contributed by atoms with Crippen LogP contribution >= 0.6 is 0 Å². The molecular weight excluding hydrogens is 414 g/mol. The molecule has 0 radical (unpaired) electrons. The molecule has 1 aromatic heterocycles. The number of likely N-dealkylation sites (tertiary alicyclic amines) is 1. The maximum Gasteiger partial charge on any atom is 0.332 e. The summed E-state index contributed by atoms with van der Waals surface area (Å²) in [6, 6.07) is 6.76. The fourth-order valence-corrected chi connectivity index (χ4v) is 5.06. The number of carbonyl (C=O) groups excluding carboxylic acids is 4. The molecule has 3 aliphatic heterocycles. The second kappa shape index (κ2) is 7.30. The number of methoxy groups -OCH3 is 1. The van der Waals surface area contributed by atoms with E-state index in [-0.39, 0.29) is 24.8 Å². The highest BCUT2D eigenvalue weighted by Crippen LogP contribution is 2.43. The summed E-state index contributed by atoms with van der Waals surface area (Å²) in [6.45, 7) is 0.337. The number of imide groups is 1. The van der Waals surface area contributed by atoms with Gasteiger partial charge in [-0.2, -0.15) is 5.26 Å². The Morgan fingerprint density at radius 2 is 2.06 bits per heavy atom. The molecule has 10 heteroatoms. The largest absolute Gasteiger partial charge is 0.469 e. The van der Waals surface area contributed by atoms with Crippen LogP contribution in [0.5, 0.6) is 0 Å². The quantitative estimate of drug-likeness (QED) is 0.524. The lowest BCUT2D eigenvalue weighted by Gasteiger charge is -2.34. The topological polar surface area (TPSA) is 124 Å². The molecule has 2 aromatic rings. The number of rotatable bonds is 4. The summed E-state index contributed by atoms with van der Waals surface area (Å²) in [5.41, 5.74) is 1.15. The molecule has 0 N–H and O–H groups in total. The van der Waals surface area contributed by atoms with Crippen molar-refractivity contribution in [2.45, 2.75) is 37.4 Å². The van der Waals surface area contributed by atoms with Crippen molar-refractivity contribution in [1.82, 2.24) is 14.8 Å². The average Bonchev–Trinajstić information content (AvgIpc) is 3.48. The number of hydrogen-bond acceptors (Lipinski definition) is 7. The van der Waals surface area contributed by atoms with Crippen molar-refractivity contribution in [3.63, 3.8) is 0 Å². The van der Waals surface area contributed by atoms with Crippen molar-refractivity contribution < 1.29 is 23.9 Å². The smallest absolute Gasteiger partial charge is 0.332 e. The first-order valence-electron chi connectivity index (χ1n) is 10.3. The van der Waals surface area contributed by atoms with Gasteiger partial charge in [-0.1, -0.05) is 0 Å². The molecule has 162 valence electrons. The van der Waals surface area contributed by atoms with Gasteiger partial charge < -0.3 is 14.5 Å². The van der Waals surface area contributed by atoms with Crippen molar-refractivity contribution in [2.24, 2.45) is 0 Å². The molecule has 4 heterocycles. The first-order chi connectivity index (χ1) is 15.5. The lowest BCUT2D eigenvalue weighted by Crippen LogP contribution is -2.54. The summed E-state index contributed by atoms with van der Waals surface area (Å²) >= 11 is 0. The van der Waals surface area contributed by atoms with Crippen molar-refractivity contribution >= 4 is 40.4 Å². The van der Waals surface area contributed by atoms with Gasteiger partial charge in [0, 0.05) is 24.5 Å². The molecule has 3 aliphatic rings. The molecule has 5 rings (SSSR count). The number of esters is 1. The van der Waals surface area contributed by atoms with E-state index >= 15 is 0 Å². The highest BCUT2D eigenvalue weighted by atomic mass is 16.5. The third-order valence-corrected chi connectivity index (χ3v) is 6.46. The molecule has 4 amide bonds. The van der Waals surface area contributed by atoms with E-state index in [1.54, 1.807) is 40.3 Å². The van der Waals surface area contributed by atoms with Gasteiger partial charge >= 0.3 is 12.0 Å². The van der Waals surface area contributed by atoms with Gasteiger partial charge in [0.2, 0.25) is 5.91 Å². The van der Waals surface area contributed by atoms with Crippen LogP contribution in [0.2, 0.25) is 0 Å². The molecule has 2 unspecified atom stereocenters. The molecule has 0 saturated carbocycles. The van der Waals surface area contributed by atoms with E-state index in [0.29, 0.717) is 35.1 Å². The van der Waals surface area contributed by atoms with Gasteiger partial charge in [0.05, 0.1) is 42.4 Å². The number of anilines is 1. The molecule has 3 fully saturated rings. The molecule has 32 heavy (non-hydrogen) atoms. The van der Waals surface area contributed by atoms with Gasteiger partial charge in [0.1, 0.15) is 12.1 Å². The van der Waals surface area contributed by atoms with Crippen LogP contribution in [0, 0.1) is 11.3 Å². The second-order valence-corrected chi connectivity index (χ2v) is 8.03. The van der Waals surface area contributed by atoms with Crippen LogP contribution < -0.4 is 4.90 Å². The number of nitrogens with zero attached hydrogens (tertiary/aromatic N) is 5. The molecule has 2 bridgehead atoms. The van der Waals surface area contributed by atoms with Crippen molar-refractivity contribution in [2.75, 3.05) is 18.6 Å². The summed E-state index contributed by atoms with van der Waals surface area (Å²) < 4.78 is 4.59. The van der Waals surface area contributed by atoms with Crippen LogP contribution in [-0.4, -0.2) is 70.4 Å². The van der Waals surface area contributed by atoms with E-state index < -0.39 is 30.0 Å². The van der Waals surface area contributed by atoms with Crippen molar-refractivity contribution in [3.05, 3.63) is 36.0 Å². The Labute approximate surface area is 182 Å². The predicted octanol–water partition coefficient (Wildman–Crippen LogP) is 1.18. The van der Waals surface area contributed by atoms with Crippen LogP contribution in [0.15, 0.2) is 30.5 Å². The Balaban J connectivity index is 1.45. The van der Waals surface area contributed by atoms with E-state index in [4.69, 9.17) is 0 Å². The zero-order valence-corrected chi connectivity index (χ0v) is 17.2. The highest BCUT2D eigenvalue weighted by molar-refractivity contribution is 6.25. The van der Waals surface area contributed by atoms with Crippen LogP contribution in [0.4, 0.5) is 10.5 Å². The van der Waals surface area contributed by atoms with E-state index in [0.717, 1.165) is 4.90 Å². The maximum atomic E-state index is 13.4. The lowest BCUT2D eigenvalue weighted by molar-refractivity contribution is -0.144. The number of carbonyl (C=O) groups is 4. The van der Waals surface area contributed by atoms with Crippen LogP contribution in [0.25, 0.3) is 10.9 Å². The molecule has 0 spiro atoms. The molecule has 1 aromatic carbocycles. The lowest BCUT2D eigenvalue weighted by atomic mass is 10.1. The Morgan fingerprint density at radius 1 is 1.25 bits per heavy atom. The summed E-state index contributed by atoms with van der Waals surface area (Å²) in [5.74, 6) is -1.10. The van der Waals surface area contributed by atoms with Crippen LogP contribution in [0.3, 0.4) is 0 Å². The molecule has 0 aliphatic carbocycles. The summed E-state index contributed by atoms with van der Waals surface area (Å²) in [6.07, 6.45) is 2.06. The predicted molar refractivity (Wildman–Crippen MR) is 110 cm³/mol. The average molecular weight is 433 g/mol. The number of fused-ring (bicyclic) bond motifs is 6. The summed E-state index contributed by atoms with van der Waals surface area (Å²) in [5, 5.41) is 9.90. The van der Waals surface area contributed by atoms with Crippen LogP contribution in [-0.2, 0) is 19.1 Å². The highest BCUT2D eigenvalue weighted by Gasteiger charge is 2.62. The van der Waals surface area contributed by atoms with Crippen molar-refractivity contribution in [1.29, 1.82) is 5.26 Å². The maximum absolute atomic E-state index is 13.4. The number of benzene rings is 1. The normalized spacial score (nSPS) is 23.6. The number of hydrogen-bond donors (Lipinski definition) is 0. The van der Waals surface area contributed by atoms with E-state index in [1.807, 2.05) is 0 Å². The third-order valence-electron chi connectivity index (χ3n) is 6.46. The van der Waals surface area contributed by atoms with E-state index in [2.05, 4.69) is 15.8 Å². The minimum Gasteiger partial charge on any atom is -0.469 e. The fraction of sp³-hybridized carbons (Fsp3) is 0.364. The minimum atomic E-state index is -0.759. The van der Waals surface area contributed by atoms with Gasteiger partial charge in [-0.3, -0.25) is 19.4 Å². The van der Waals surface area contributed by atoms with Gasteiger partial charge in [-0.15, -0.1) is 0 Å². The van der Waals surface area contributed by atoms with Gasteiger partial charge in [0.15, 0.2) is 0 Å². The van der Waals surface area contributed by atoms with Crippen molar-refractivity contribution in [3.8, 4) is 6.07 Å². The molecular formula is C22H19N5O5. The SMILES string of the molecule is COC(=O)CCC(=O)N1C[C@H]2CC1C1C(=O)N(c3ccc(C#N)c4ncccc34)C(=O)N12. The molecule has 10 nitrogen and oxygen atoms in total. The number of urea groups is 1. The number of amides is 4. The monoisotopic (exact) mass is 433 g/mol. The minimum absolute atomic E-state index is 0.000390. The number of ether oxygens (including phenoxy) is 1. The Kier molecular flexibility index (Phi) is 4.55. The van der Waals surface area contributed by atoms with Crippen LogP contribution in [0.1, 0.15) is 24.8 Å². The number of nitriles is 1. The van der Waals surface area contributed by atoms with Gasteiger partial charge in [-0.05, 0) is 30.7 Å². The Bertz CT molecular complexity index is 1220. The summed E-state index contributed by atoms with van der Waals surface area (Å²) in [7, 11) is 1.27. The Hall–Kier alpha value is -4.00. The first kappa shape index (κ1) is 19.9. The Morgan fingerprint density at radius 3 is 2.81 bits per heavy atom. The van der Waals surface area contributed by atoms with Gasteiger partial charge in [-0.25, -0.2) is 9.69 Å². The molecule has 3 atom stereocenters. The van der Waals surface area contributed by atoms with E-state index in [9.17, 15) is 24.4 Å². The number of piperazine rings is 1. The number of aromatic nitrogens is 1. The summed E-state index contributed by atoms with van der Waals surface area (Å²) in [4.78, 5) is 59.4. The first-order valence-corrected chi connectivity index (χ1v) is 10.3. The number of pyridine rings is 1. The standard InChI is InChI=1S/C22H19N5O5/c1-32-18(29)7-6-17(28)25-11-13-9-16(25)20-21(30)27(22(31)26(13)20)15-5-4-12(10-23)19-14(15)3-2-8-24-19/h2-5,8,13,16,20H,6-7,9,11H2,1H3/t13-,16?,20?/m1/s1. The van der Waals surface area contributed by atoms with E-state index in [1.165, 1.54) is 7.11 Å². The zero-order valence-electron chi connectivity index (χ0n) is 17.2.